The van der Waals surface area contributed by atoms with Crippen molar-refractivity contribution in [2.75, 3.05) is 32.7 Å². The second-order valence-corrected chi connectivity index (χ2v) is 4.72. The second-order valence-electron chi connectivity index (χ2n) is 4.72. The van der Waals surface area contributed by atoms with Gasteiger partial charge in [-0.3, -0.25) is 0 Å². The molecule has 0 aliphatic carbocycles. The minimum absolute atomic E-state index is 0.240. The van der Waals surface area contributed by atoms with Crippen LogP contribution in [0.1, 0.15) is 40.5 Å². The summed E-state index contributed by atoms with van der Waals surface area (Å²) in [5, 5.41) is 13.1. The van der Waals surface area contributed by atoms with Gasteiger partial charge in [-0.15, -0.1) is 0 Å². The van der Waals surface area contributed by atoms with E-state index in [0.717, 1.165) is 38.5 Å². The Hall–Kier alpha value is -0.120. The van der Waals surface area contributed by atoms with E-state index in [1.165, 1.54) is 6.42 Å². The summed E-state index contributed by atoms with van der Waals surface area (Å²) < 4.78 is 0. The van der Waals surface area contributed by atoms with E-state index >= 15 is 0 Å². The van der Waals surface area contributed by atoms with Gasteiger partial charge >= 0.3 is 0 Å². The number of aliphatic hydroxyl groups excluding tert-OH is 1. The van der Waals surface area contributed by atoms with E-state index in [9.17, 15) is 5.11 Å². The molecule has 2 N–H and O–H groups in total. The van der Waals surface area contributed by atoms with E-state index in [-0.39, 0.29) is 6.10 Å². The van der Waals surface area contributed by atoms with E-state index in [0.29, 0.717) is 6.54 Å². The molecule has 0 heterocycles. The van der Waals surface area contributed by atoms with Crippen molar-refractivity contribution in [1.82, 2.24) is 10.2 Å². The smallest absolute Gasteiger partial charge is 0.0791 e. The van der Waals surface area contributed by atoms with E-state index in [1.807, 2.05) is 0 Å². The Morgan fingerprint density at radius 3 is 2.38 bits per heavy atom. The Labute approximate surface area is 101 Å². The Bertz CT molecular complexity index is 153. The first-order valence-electron chi connectivity index (χ1n) is 6.75. The molecule has 2 unspecified atom stereocenters. The molecule has 0 aromatic heterocycles. The van der Waals surface area contributed by atoms with Crippen LogP contribution in [0.5, 0.6) is 0 Å². The Morgan fingerprint density at radius 2 is 1.88 bits per heavy atom. The molecule has 98 valence electrons. The fraction of sp³-hybridized carbons (Fsp3) is 1.00. The van der Waals surface area contributed by atoms with Crippen LogP contribution in [0.25, 0.3) is 0 Å². The third-order valence-electron chi connectivity index (χ3n) is 2.99. The summed E-state index contributed by atoms with van der Waals surface area (Å²) in [5.41, 5.74) is 0. The van der Waals surface area contributed by atoms with E-state index in [1.54, 1.807) is 0 Å². The fourth-order valence-electron chi connectivity index (χ4n) is 1.71. The topological polar surface area (TPSA) is 35.5 Å². The minimum Gasteiger partial charge on any atom is -0.390 e. The lowest BCUT2D eigenvalue weighted by atomic mass is 10.1. The van der Waals surface area contributed by atoms with Crippen LogP contribution in [0.15, 0.2) is 0 Å². The first kappa shape index (κ1) is 15.9. The zero-order valence-corrected chi connectivity index (χ0v) is 11.5. The molecule has 0 fully saturated rings. The molecule has 16 heavy (non-hydrogen) atoms. The Morgan fingerprint density at radius 1 is 1.19 bits per heavy atom. The Balaban J connectivity index is 3.73. The number of hydrogen-bond donors (Lipinski definition) is 2. The first-order valence-corrected chi connectivity index (χ1v) is 6.75. The van der Waals surface area contributed by atoms with Gasteiger partial charge in [0.25, 0.3) is 0 Å². The fourth-order valence-corrected chi connectivity index (χ4v) is 1.71. The van der Waals surface area contributed by atoms with Crippen molar-refractivity contribution < 1.29 is 5.11 Å². The SMILES string of the molecule is CCCNCC(O)CN(CC)CC(C)CC. The van der Waals surface area contributed by atoms with Gasteiger partial charge in [-0.2, -0.15) is 0 Å². The van der Waals surface area contributed by atoms with Gasteiger partial charge in [0, 0.05) is 19.6 Å². The van der Waals surface area contributed by atoms with Crippen LogP contribution in [0.4, 0.5) is 0 Å². The standard InChI is InChI=1S/C13H30N2O/c1-5-8-14-9-13(16)11-15(7-3)10-12(4)6-2/h12-14,16H,5-11H2,1-4H3. The van der Waals surface area contributed by atoms with Gasteiger partial charge in [-0.1, -0.05) is 34.1 Å². The second kappa shape index (κ2) is 10.1. The normalized spacial score (nSPS) is 15.4. The largest absolute Gasteiger partial charge is 0.390 e. The number of hydrogen-bond acceptors (Lipinski definition) is 3. The van der Waals surface area contributed by atoms with Crippen LogP contribution in [-0.4, -0.2) is 48.8 Å². The molecule has 0 radical (unpaired) electrons. The summed E-state index contributed by atoms with van der Waals surface area (Å²) in [6.45, 7) is 13.4. The summed E-state index contributed by atoms with van der Waals surface area (Å²) in [6, 6.07) is 0. The number of nitrogens with one attached hydrogen (secondary N) is 1. The quantitative estimate of drug-likeness (QED) is 0.561. The maximum Gasteiger partial charge on any atom is 0.0791 e. The van der Waals surface area contributed by atoms with Crippen molar-refractivity contribution in [1.29, 1.82) is 0 Å². The van der Waals surface area contributed by atoms with Crippen molar-refractivity contribution in [3.05, 3.63) is 0 Å². The lowest BCUT2D eigenvalue weighted by molar-refractivity contribution is 0.106. The lowest BCUT2D eigenvalue weighted by Gasteiger charge is -2.26. The molecule has 2 atom stereocenters. The van der Waals surface area contributed by atoms with E-state index in [4.69, 9.17) is 0 Å². The number of rotatable bonds is 10. The van der Waals surface area contributed by atoms with Crippen molar-refractivity contribution >= 4 is 0 Å². The zero-order chi connectivity index (χ0) is 12.4. The molecule has 0 saturated heterocycles. The van der Waals surface area contributed by atoms with Crippen molar-refractivity contribution in [2.45, 2.75) is 46.6 Å². The van der Waals surface area contributed by atoms with E-state index < -0.39 is 0 Å². The molecule has 0 bridgehead atoms. The molecule has 0 aliphatic rings. The molecule has 0 rings (SSSR count). The van der Waals surface area contributed by atoms with Crippen LogP contribution >= 0.6 is 0 Å². The maximum absolute atomic E-state index is 9.86. The molecule has 0 aliphatic heterocycles. The summed E-state index contributed by atoms with van der Waals surface area (Å²) >= 11 is 0. The minimum atomic E-state index is -0.240. The highest BCUT2D eigenvalue weighted by molar-refractivity contribution is 4.67. The summed E-state index contributed by atoms with van der Waals surface area (Å²) in [6.07, 6.45) is 2.09. The first-order chi connectivity index (χ1) is 7.63. The highest BCUT2D eigenvalue weighted by Gasteiger charge is 2.11. The Kier molecular flexibility index (Phi) is 9.99. The predicted octanol–water partition coefficient (Wildman–Crippen LogP) is 1.71. The molecule has 0 aromatic rings. The highest BCUT2D eigenvalue weighted by Crippen LogP contribution is 2.04. The van der Waals surface area contributed by atoms with Crippen molar-refractivity contribution in [3.63, 3.8) is 0 Å². The molecule has 3 heteroatoms. The molecule has 0 spiro atoms. The molecular formula is C13H30N2O. The van der Waals surface area contributed by atoms with Crippen LogP contribution in [0.2, 0.25) is 0 Å². The summed E-state index contributed by atoms with van der Waals surface area (Å²) in [5.74, 6) is 0.718. The van der Waals surface area contributed by atoms with Crippen molar-refractivity contribution in [2.24, 2.45) is 5.92 Å². The predicted molar refractivity (Wildman–Crippen MR) is 70.7 cm³/mol. The molecule has 3 nitrogen and oxygen atoms in total. The van der Waals surface area contributed by atoms with E-state index in [2.05, 4.69) is 37.9 Å². The van der Waals surface area contributed by atoms with Crippen LogP contribution in [0.3, 0.4) is 0 Å². The monoisotopic (exact) mass is 230 g/mol. The third-order valence-corrected chi connectivity index (χ3v) is 2.99. The van der Waals surface area contributed by atoms with Gasteiger partial charge in [0.15, 0.2) is 0 Å². The average Bonchev–Trinajstić information content (AvgIpc) is 2.28. The lowest BCUT2D eigenvalue weighted by Crippen LogP contribution is -2.40. The van der Waals surface area contributed by atoms with Crippen molar-refractivity contribution in [3.8, 4) is 0 Å². The molecule has 0 aromatic carbocycles. The average molecular weight is 230 g/mol. The molecule has 0 amide bonds. The van der Waals surface area contributed by atoms with Crippen LogP contribution in [-0.2, 0) is 0 Å². The maximum atomic E-state index is 9.86. The number of nitrogens with zero attached hydrogens (tertiary/aromatic N) is 1. The van der Waals surface area contributed by atoms with Crippen LogP contribution in [0, 0.1) is 5.92 Å². The summed E-state index contributed by atoms with van der Waals surface area (Å²) in [4.78, 5) is 2.34. The zero-order valence-electron chi connectivity index (χ0n) is 11.5. The third kappa shape index (κ3) is 8.08. The molecule has 0 saturated carbocycles. The molecular weight excluding hydrogens is 200 g/mol. The van der Waals surface area contributed by atoms with Gasteiger partial charge in [0.05, 0.1) is 6.10 Å². The van der Waals surface area contributed by atoms with Gasteiger partial charge < -0.3 is 15.3 Å². The van der Waals surface area contributed by atoms with Gasteiger partial charge in [-0.05, 0) is 25.4 Å². The number of likely N-dealkylation sites (N-methyl/N-ethyl adjacent to an activating group) is 1. The van der Waals surface area contributed by atoms with Crippen LogP contribution < -0.4 is 5.32 Å². The van der Waals surface area contributed by atoms with Gasteiger partial charge in [0.1, 0.15) is 0 Å². The summed E-state index contributed by atoms with van der Waals surface area (Å²) in [7, 11) is 0. The number of aliphatic hydroxyl groups is 1. The van der Waals surface area contributed by atoms with Gasteiger partial charge in [-0.25, -0.2) is 0 Å². The van der Waals surface area contributed by atoms with Gasteiger partial charge in [0.2, 0.25) is 0 Å². The highest BCUT2D eigenvalue weighted by atomic mass is 16.3.